The summed E-state index contributed by atoms with van der Waals surface area (Å²) >= 11 is 13.5. The van der Waals surface area contributed by atoms with Crippen LogP contribution in [0.15, 0.2) is 40.8 Å². The van der Waals surface area contributed by atoms with Crippen LogP contribution in [-0.4, -0.2) is 15.5 Å². The van der Waals surface area contributed by atoms with Crippen molar-refractivity contribution in [3.8, 4) is 0 Å². The molecular weight excluding hydrogens is 381 g/mol. The summed E-state index contributed by atoms with van der Waals surface area (Å²) in [5.74, 6) is -0.171. The highest BCUT2D eigenvalue weighted by atomic mass is 35.5. The second-order valence-corrected chi connectivity index (χ2v) is 7.33. The number of hydrogen-bond donors (Lipinski definition) is 1. The normalized spacial score (nSPS) is 12.3. The summed E-state index contributed by atoms with van der Waals surface area (Å²) < 4.78 is 1.45. The highest BCUT2D eigenvalue weighted by Crippen LogP contribution is 2.26. The number of hydrogen-bond acceptors (Lipinski definition) is 4. The predicted octanol–water partition coefficient (Wildman–Crippen LogP) is 4.03. The molecule has 0 saturated heterocycles. The standard InChI is InChI=1S/C17H15Cl2N3O2S/c1-10(12-3-2-11(18)8-14(12)19)21-15(23)4-6-22-9-20-16-13(17(22)24)5-7-25-16/h2-3,5,7-10H,4,6H2,1H3,(H,21,23). The van der Waals surface area contributed by atoms with E-state index >= 15 is 0 Å². The van der Waals surface area contributed by atoms with E-state index in [0.29, 0.717) is 20.3 Å². The number of carbonyl (C=O) groups is 1. The van der Waals surface area contributed by atoms with Crippen molar-refractivity contribution in [2.75, 3.05) is 0 Å². The van der Waals surface area contributed by atoms with Crippen molar-refractivity contribution < 1.29 is 4.79 Å². The SMILES string of the molecule is CC(NC(=O)CCn1cnc2sccc2c1=O)c1ccc(Cl)cc1Cl. The summed E-state index contributed by atoms with van der Waals surface area (Å²) in [6.45, 7) is 2.11. The molecule has 0 saturated carbocycles. The first kappa shape index (κ1) is 17.9. The quantitative estimate of drug-likeness (QED) is 0.708. The van der Waals surface area contributed by atoms with Gasteiger partial charge < -0.3 is 5.32 Å². The van der Waals surface area contributed by atoms with E-state index in [1.54, 1.807) is 24.3 Å². The van der Waals surface area contributed by atoms with Crippen molar-refractivity contribution in [1.82, 2.24) is 14.9 Å². The number of aromatic nitrogens is 2. The van der Waals surface area contributed by atoms with Crippen LogP contribution in [0.1, 0.15) is 24.9 Å². The zero-order chi connectivity index (χ0) is 18.0. The van der Waals surface area contributed by atoms with E-state index in [-0.39, 0.29) is 30.5 Å². The predicted molar refractivity (Wildman–Crippen MR) is 102 cm³/mol. The van der Waals surface area contributed by atoms with Crippen LogP contribution in [-0.2, 0) is 11.3 Å². The number of amides is 1. The lowest BCUT2D eigenvalue weighted by Crippen LogP contribution is -2.29. The Labute approximate surface area is 158 Å². The highest BCUT2D eigenvalue weighted by Gasteiger charge is 2.13. The largest absolute Gasteiger partial charge is 0.349 e. The maximum absolute atomic E-state index is 12.3. The van der Waals surface area contributed by atoms with Crippen LogP contribution >= 0.6 is 34.5 Å². The number of nitrogens with one attached hydrogen (secondary N) is 1. The maximum Gasteiger partial charge on any atom is 0.262 e. The molecule has 2 aromatic heterocycles. The second kappa shape index (κ2) is 7.56. The molecule has 0 aliphatic heterocycles. The fourth-order valence-corrected chi connectivity index (χ4v) is 3.81. The third-order valence-electron chi connectivity index (χ3n) is 3.84. The fraction of sp³-hybridized carbons (Fsp3) is 0.235. The summed E-state index contributed by atoms with van der Waals surface area (Å²) in [5, 5.41) is 6.33. The van der Waals surface area contributed by atoms with Crippen LogP contribution in [0.5, 0.6) is 0 Å². The van der Waals surface area contributed by atoms with Gasteiger partial charge in [-0.3, -0.25) is 14.2 Å². The number of fused-ring (bicyclic) bond motifs is 1. The van der Waals surface area contributed by atoms with E-state index in [4.69, 9.17) is 23.2 Å². The average Bonchev–Trinajstić information content (AvgIpc) is 3.03. The van der Waals surface area contributed by atoms with Gasteiger partial charge in [-0.2, -0.15) is 0 Å². The Bertz CT molecular complexity index is 983. The summed E-state index contributed by atoms with van der Waals surface area (Å²) in [7, 11) is 0. The minimum absolute atomic E-state index is 0.132. The molecule has 1 atom stereocenters. The minimum Gasteiger partial charge on any atom is -0.349 e. The molecule has 0 aliphatic carbocycles. The van der Waals surface area contributed by atoms with Gasteiger partial charge in [0.25, 0.3) is 5.56 Å². The van der Waals surface area contributed by atoms with Crippen LogP contribution in [0.4, 0.5) is 0 Å². The molecule has 3 aromatic rings. The van der Waals surface area contributed by atoms with Gasteiger partial charge in [0.15, 0.2) is 0 Å². The molecule has 2 heterocycles. The summed E-state index contributed by atoms with van der Waals surface area (Å²) in [6.07, 6.45) is 1.65. The monoisotopic (exact) mass is 395 g/mol. The number of carbonyl (C=O) groups excluding carboxylic acids is 1. The van der Waals surface area contributed by atoms with Crippen molar-refractivity contribution in [1.29, 1.82) is 0 Å². The molecule has 0 bridgehead atoms. The Morgan fingerprint density at radius 2 is 2.16 bits per heavy atom. The van der Waals surface area contributed by atoms with Crippen molar-refractivity contribution >= 4 is 50.7 Å². The fourth-order valence-electron chi connectivity index (χ4n) is 2.52. The van der Waals surface area contributed by atoms with Gasteiger partial charge in [0.1, 0.15) is 4.83 Å². The number of rotatable bonds is 5. The van der Waals surface area contributed by atoms with Crippen LogP contribution in [0.2, 0.25) is 10.0 Å². The Hall–Kier alpha value is -1.89. The van der Waals surface area contributed by atoms with E-state index in [9.17, 15) is 9.59 Å². The molecule has 0 aliphatic rings. The second-order valence-electron chi connectivity index (χ2n) is 5.59. The van der Waals surface area contributed by atoms with Crippen molar-refractivity contribution in [2.45, 2.75) is 25.9 Å². The highest BCUT2D eigenvalue weighted by molar-refractivity contribution is 7.16. The molecule has 25 heavy (non-hydrogen) atoms. The summed E-state index contributed by atoms with van der Waals surface area (Å²) in [5.41, 5.74) is 0.658. The number of nitrogens with zero attached hydrogens (tertiary/aromatic N) is 2. The lowest BCUT2D eigenvalue weighted by atomic mass is 10.1. The van der Waals surface area contributed by atoms with Gasteiger partial charge in [-0.05, 0) is 36.1 Å². The number of thiophene rings is 1. The Morgan fingerprint density at radius 3 is 2.92 bits per heavy atom. The minimum atomic E-state index is -0.258. The molecule has 0 radical (unpaired) electrons. The van der Waals surface area contributed by atoms with Gasteiger partial charge in [0.2, 0.25) is 5.91 Å². The van der Waals surface area contributed by atoms with Gasteiger partial charge in [-0.25, -0.2) is 4.98 Å². The molecule has 1 N–H and O–H groups in total. The van der Waals surface area contributed by atoms with E-state index in [0.717, 1.165) is 5.56 Å². The molecular formula is C17H15Cl2N3O2S. The first-order chi connectivity index (χ1) is 12.0. The Morgan fingerprint density at radius 1 is 1.36 bits per heavy atom. The zero-order valence-electron chi connectivity index (χ0n) is 13.3. The summed E-state index contributed by atoms with van der Waals surface area (Å²) in [6, 6.07) is 6.65. The van der Waals surface area contributed by atoms with Gasteiger partial charge >= 0.3 is 0 Å². The maximum atomic E-state index is 12.3. The third kappa shape index (κ3) is 4.03. The van der Waals surface area contributed by atoms with Crippen LogP contribution in [0.3, 0.4) is 0 Å². The smallest absolute Gasteiger partial charge is 0.262 e. The molecule has 1 unspecified atom stereocenters. The van der Waals surface area contributed by atoms with Crippen molar-refractivity contribution in [2.24, 2.45) is 0 Å². The lowest BCUT2D eigenvalue weighted by molar-refractivity contribution is -0.121. The molecule has 1 amide bonds. The first-order valence-electron chi connectivity index (χ1n) is 7.62. The number of benzene rings is 1. The van der Waals surface area contributed by atoms with Crippen molar-refractivity contribution in [3.63, 3.8) is 0 Å². The van der Waals surface area contributed by atoms with E-state index < -0.39 is 0 Å². The van der Waals surface area contributed by atoms with Gasteiger partial charge in [-0.15, -0.1) is 11.3 Å². The van der Waals surface area contributed by atoms with Crippen LogP contribution < -0.4 is 10.9 Å². The summed E-state index contributed by atoms with van der Waals surface area (Å²) in [4.78, 5) is 29.4. The molecule has 5 nitrogen and oxygen atoms in total. The Balaban J connectivity index is 1.64. The molecule has 0 spiro atoms. The van der Waals surface area contributed by atoms with Crippen LogP contribution in [0.25, 0.3) is 10.2 Å². The van der Waals surface area contributed by atoms with Crippen molar-refractivity contribution in [3.05, 3.63) is 61.9 Å². The molecule has 1 aromatic carbocycles. The molecule has 0 fully saturated rings. The van der Waals surface area contributed by atoms with Gasteiger partial charge in [0, 0.05) is 23.0 Å². The van der Waals surface area contributed by atoms with E-state index in [2.05, 4.69) is 10.3 Å². The third-order valence-corrected chi connectivity index (χ3v) is 5.22. The topological polar surface area (TPSA) is 64.0 Å². The van der Waals surface area contributed by atoms with Crippen LogP contribution in [0, 0.1) is 0 Å². The average molecular weight is 396 g/mol. The number of halogens is 2. The number of aryl methyl sites for hydroxylation is 1. The van der Waals surface area contributed by atoms with Gasteiger partial charge in [0.05, 0.1) is 17.8 Å². The lowest BCUT2D eigenvalue weighted by Gasteiger charge is -2.16. The Kier molecular flexibility index (Phi) is 5.42. The molecule has 8 heteroatoms. The molecule has 3 rings (SSSR count). The first-order valence-corrected chi connectivity index (χ1v) is 9.26. The van der Waals surface area contributed by atoms with E-state index in [1.807, 2.05) is 12.3 Å². The van der Waals surface area contributed by atoms with Gasteiger partial charge in [-0.1, -0.05) is 29.3 Å². The molecule has 130 valence electrons. The van der Waals surface area contributed by atoms with E-state index in [1.165, 1.54) is 22.2 Å². The zero-order valence-corrected chi connectivity index (χ0v) is 15.7.